The Bertz CT molecular complexity index is 361. The van der Waals surface area contributed by atoms with Crippen molar-refractivity contribution in [3.8, 4) is 0 Å². The lowest BCUT2D eigenvalue weighted by Crippen LogP contribution is -2.29. The number of hydrogen-bond donors (Lipinski definition) is 3. The fraction of sp³-hybridized carbons (Fsp3) is 0.538. The maximum atomic E-state index is 8.69. The van der Waals surface area contributed by atoms with E-state index in [1.807, 2.05) is 12.1 Å². The first-order valence-electron chi connectivity index (χ1n) is 6.18. The van der Waals surface area contributed by atoms with E-state index in [4.69, 9.17) is 34.0 Å². The topological polar surface area (TPSA) is 58.3 Å². The molecule has 1 aromatic carbocycles. The maximum absolute atomic E-state index is 8.69. The molecule has 0 fully saturated rings. The summed E-state index contributed by atoms with van der Waals surface area (Å²) in [7, 11) is 0. The molecule has 0 heterocycles. The summed E-state index contributed by atoms with van der Waals surface area (Å²) in [5, 5.41) is 13.2. The number of rotatable bonds is 8. The number of aliphatic hydroxyl groups is 1. The van der Waals surface area contributed by atoms with E-state index >= 15 is 0 Å². The fourth-order valence-corrected chi connectivity index (χ4v) is 2.06. The number of unbranched alkanes of at least 4 members (excludes halogenated alkanes) is 2. The van der Waals surface area contributed by atoms with E-state index in [0.29, 0.717) is 16.6 Å². The minimum absolute atomic E-state index is 0.0916. The highest BCUT2D eigenvalue weighted by atomic mass is 35.5. The number of aliphatic hydroxyl groups excluding tert-OH is 1. The van der Waals surface area contributed by atoms with E-state index in [-0.39, 0.29) is 12.6 Å². The Labute approximate surface area is 118 Å². The molecule has 5 heteroatoms. The lowest BCUT2D eigenvalue weighted by Gasteiger charge is -2.17. The van der Waals surface area contributed by atoms with E-state index in [0.717, 1.165) is 31.4 Å². The van der Waals surface area contributed by atoms with Crippen LogP contribution in [0.25, 0.3) is 0 Å². The van der Waals surface area contributed by atoms with Gasteiger partial charge < -0.3 is 16.2 Å². The molecule has 0 bridgehead atoms. The Hall–Kier alpha value is -0.320. The van der Waals surface area contributed by atoms with Gasteiger partial charge in [-0.3, -0.25) is 0 Å². The minimum atomic E-state index is 0.0916. The van der Waals surface area contributed by atoms with Crippen LogP contribution in [0.4, 0.5) is 0 Å². The van der Waals surface area contributed by atoms with E-state index in [9.17, 15) is 0 Å². The Morgan fingerprint density at radius 2 is 1.94 bits per heavy atom. The van der Waals surface area contributed by atoms with Crippen LogP contribution in [0.3, 0.4) is 0 Å². The molecule has 0 aliphatic carbocycles. The lowest BCUT2D eigenvalue weighted by molar-refractivity contribution is 0.282. The molecule has 0 saturated heterocycles. The summed E-state index contributed by atoms with van der Waals surface area (Å²) in [4.78, 5) is 0. The highest BCUT2D eigenvalue weighted by Crippen LogP contribution is 2.25. The number of benzene rings is 1. The molecule has 1 aromatic rings. The summed E-state index contributed by atoms with van der Waals surface area (Å²) in [5.74, 6) is 0. The molecule has 0 saturated carbocycles. The van der Waals surface area contributed by atoms with Gasteiger partial charge >= 0.3 is 0 Å². The molecular formula is C13H20Cl2N2O. The van der Waals surface area contributed by atoms with Crippen LogP contribution in [0.1, 0.15) is 30.9 Å². The average molecular weight is 291 g/mol. The van der Waals surface area contributed by atoms with Crippen molar-refractivity contribution in [1.29, 1.82) is 0 Å². The molecular weight excluding hydrogens is 271 g/mol. The summed E-state index contributed by atoms with van der Waals surface area (Å²) < 4.78 is 0. The third kappa shape index (κ3) is 5.12. The second kappa shape index (κ2) is 8.73. The number of halogens is 2. The number of hydrogen-bond acceptors (Lipinski definition) is 3. The molecule has 0 spiro atoms. The first-order valence-corrected chi connectivity index (χ1v) is 6.94. The van der Waals surface area contributed by atoms with Gasteiger partial charge in [-0.05, 0) is 43.5 Å². The van der Waals surface area contributed by atoms with Gasteiger partial charge in [0.25, 0.3) is 0 Å². The van der Waals surface area contributed by atoms with E-state index in [1.165, 1.54) is 0 Å². The van der Waals surface area contributed by atoms with Crippen LogP contribution in [-0.2, 0) is 0 Å². The molecule has 0 radical (unpaired) electrons. The molecule has 3 nitrogen and oxygen atoms in total. The first-order chi connectivity index (χ1) is 8.69. The van der Waals surface area contributed by atoms with Crippen LogP contribution < -0.4 is 11.1 Å². The van der Waals surface area contributed by atoms with Gasteiger partial charge in [-0.1, -0.05) is 29.3 Å². The Morgan fingerprint density at radius 3 is 2.56 bits per heavy atom. The highest BCUT2D eigenvalue weighted by Gasteiger charge is 2.10. The van der Waals surface area contributed by atoms with Crippen LogP contribution >= 0.6 is 23.2 Å². The standard InChI is InChI=1S/C13H20Cl2N2O/c14-11-5-4-10(8-12(11)15)13(9-16)17-6-2-1-3-7-18/h4-5,8,13,17-18H,1-3,6-7,9,16H2. The molecule has 4 N–H and O–H groups in total. The van der Waals surface area contributed by atoms with Crippen molar-refractivity contribution in [1.82, 2.24) is 5.32 Å². The van der Waals surface area contributed by atoms with Crippen LogP contribution in [-0.4, -0.2) is 24.8 Å². The Balaban J connectivity index is 2.47. The minimum Gasteiger partial charge on any atom is -0.396 e. The second-order valence-electron chi connectivity index (χ2n) is 4.20. The van der Waals surface area contributed by atoms with E-state index < -0.39 is 0 Å². The van der Waals surface area contributed by atoms with E-state index in [2.05, 4.69) is 5.32 Å². The normalized spacial score (nSPS) is 12.7. The monoisotopic (exact) mass is 290 g/mol. The van der Waals surface area contributed by atoms with Crippen LogP contribution in [0.5, 0.6) is 0 Å². The molecule has 0 aliphatic rings. The smallest absolute Gasteiger partial charge is 0.0595 e. The summed E-state index contributed by atoms with van der Waals surface area (Å²) in [5.41, 5.74) is 6.81. The van der Waals surface area contributed by atoms with Gasteiger partial charge in [0.1, 0.15) is 0 Å². The first kappa shape index (κ1) is 15.7. The SMILES string of the molecule is NCC(NCCCCCO)c1ccc(Cl)c(Cl)c1. The van der Waals surface area contributed by atoms with Crippen molar-refractivity contribution in [2.45, 2.75) is 25.3 Å². The maximum Gasteiger partial charge on any atom is 0.0595 e. The summed E-state index contributed by atoms with van der Waals surface area (Å²) in [6, 6.07) is 5.66. The van der Waals surface area contributed by atoms with Gasteiger partial charge in [0, 0.05) is 19.2 Å². The Kier molecular flexibility index (Phi) is 7.63. The zero-order valence-corrected chi connectivity index (χ0v) is 11.8. The number of nitrogens with two attached hydrogens (primary N) is 1. The molecule has 1 rings (SSSR count). The largest absolute Gasteiger partial charge is 0.396 e. The van der Waals surface area contributed by atoms with Crippen molar-refractivity contribution in [3.05, 3.63) is 33.8 Å². The second-order valence-corrected chi connectivity index (χ2v) is 5.01. The van der Waals surface area contributed by atoms with Crippen molar-refractivity contribution in [3.63, 3.8) is 0 Å². The van der Waals surface area contributed by atoms with E-state index in [1.54, 1.807) is 6.07 Å². The summed E-state index contributed by atoms with van der Waals surface area (Å²) in [6.45, 7) is 1.65. The van der Waals surface area contributed by atoms with Gasteiger partial charge in [0.05, 0.1) is 10.0 Å². The third-order valence-corrected chi connectivity index (χ3v) is 3.55. The molecule has 1 unspecified atom stereocenters. The quantitative estimate of drug-likeness (QED) is 0.645. The molecule has 0 aromatic heterocycles. The van der Waals surface area contributed by atoms with Gasteiger partial charge in [0.15, 0.2) is 0 Å². The zero-order valence-electron chi connectivity index (χ0n) is 10.3. The van der Waals surface area contributed by atoms with Crippen molar-refractivity contribution in [2.75, 3.05) is 19.7 Å². The van der Waals surface area contributed by atoms with Crippen molar-refractivity contribution >= 4 is 23.2 Å². The lowest BCUT2D eigenvalue weighted by atomic mass is 10.1. The van der Waals surface area contributed by atoms with Crippen LogP contribution in [0.2, 0.25) is 10.0 Å². The predicted molar refractivity (Wildman–Crippen MR) is 77.2 cm³/mol. The van der Waals surface area contributed by atoms with Gasteiger partial charge in [-0.15, -0.1) is 0 Å². The van der Waals surface area contributed by atoms with Crippen LogP contribution in [0, 0.1) is 0 Å². The highest BCUT2D eigenvalue weighted by molar-refractivity contribution is 6.42. The molecule has 102 valence electrons. The average Bonchev–Trinajstić information content (AvgIpc) is 2.37. The molecule has 18 heavy (non-hydrogen) atoms. The van der Waals surface area contributed by atoms with Crippen LogP contribution in [0.15, 0.2) is 18.2 Å². The zero-order chi connectivity index (χ0) is 13.4. The fourth-order valence-electron chi connectivity index (χ4n) is 1.76. The third-order valence-electron chi connectivity index (χ3n) is 2.81. The van der Waals surface area contributed by atoms with Crippen molar-refractivity contribution in [2.24, 2.45) is 5.73 Å². The van der Waals surface area contributed by atoms with Gasteiger partial charge in [0.2, 0.25) is 0 Å². The predicted octanol–water partition coefficient (Wildman–Crippen LogP) is 2.75. The van der Waals surface area contributed by atoms with Crippen molar-refractivity contribution < 1.29 is 5.11 Å². The summed E-state index contributed by atoms with van der Waals surface area (Å²) >= 11 is 11.9. The number of nitrogens with one attached hydrogen (secondary N) is 1. The molecule has 1 atom stereocenters. The Morgan fingerprint density at radius 1 is 1.17 bits per heavy atom. The molecule has 0 amide bonds. The van der Waals surface area contributed by atoms with Gasteiger partial charge in [-0.25, -0.2) is 0 Å². The molecule has 0 aliphatic heterocycles. The van der Waals surface area contributed by atoms with Gasteiger partial charge in [-0.2, -0.15) is 0 Å². The summed E-state index contributed by atoms with van der Waals surface area (Å²) in [6.07, 6.45) is 2.89.